The van der Waals surface area contributed by atoms with Crippen molar-refractivity contribution in [3.63, 3.8) is 0 Å². The summed E-state index contributed by atoms with van der Waals surface area (Å²) < 4.78 is 1.95. The van der Waals surface area contributed by atoms with Crippen molar-refractivity contribution in [1.29, 1.82) is 0 Å². The summed E-state index contributed by atoms with van der Waals surface area (Å²) in [5.41, 5.74) is 6.97. The molecule has 3 rings (SSSR count). The molecule has 0 fully saturated rings. The molecule has 3 heteroatoms. The smallest absolute Gasteiger partial charge is 0.0702 e. The third kappa shape index (κ3) is 2.62. The van der Waals surface area contributed by atoms with Crippen LogP contribution in [0, 0.1) is 0 Å². The van der Waals surface area contributed by atoms with E-state index < -0.39 is 0 Å². The fourth-order valence-electron chi connectivity index (χ4n) is 3.55. The number of nitrogens with one attached hydrogen (secondary N) is 1. The Morgan fingerprint density at radius 3 is 2.90 bits per heavy atom. The number of benzene rings is 1. The van der Waals surface area contributed by atoms with Gasteiger partial charge in [-0.3, -0.25) is 4.68 Å². The molecule has 1 aromatic heterocycles. The van der Waals surface area contributed by atoms with Crippen molar-refractivity contribution in [3.05, 3.63) is 41.2 Å². The maximum atomic E-state index is 4.66. The lowest BCUT2D eigenvalue weighted by Crippen LogP contribution is -2.18. The second-order valence-electron chi connectivity index (χ2n) is 5.94. The zero-order valence-corrected chi connectivity index (χ0v) is 13.3. The molecule has 0 radical (unpaired) electrons. The molecule has 21 heavy (non-hydrogen) atoms. The second-order valence-corrected chi connectivity index (χ2v) is 5.94. The highest BCUT2D eigenvalue weighted by Gasteiger charge is 2.25. The van der Waals surface area contributed by atoms with Gasteiger partial charge in [-0.2, -0.15) is 5.10 Å². The first kappa shape index (κ1) is 14.3. The molecule has 3 nitrogen and oxygen atoms in total. The Hall–Kier alpha value is -1.61. The van der Waals surface area contributed by atoms with Crippen molar-refractivity contribution >= 4 is 0 Å². The summed E-state index contributed by atoms with van der Waals surface area (Å²) in [6.45, 7) is 5.43. The molecular formula is C18H25N3. The number of hydrogen-bond acceptors (Lipinski definition) is 2. The lowest BCUT2D eigenvalue weighted by molar-refractivity contribution is 0.549. The van der Waals surface area contributed by atoms with Gasteiger partial charge >= 0.3 is 0 Å². The number of rotatable bonds is 5. The maximum absolute atomic E-state index is 4.66. The van der Waals surface area contributed by atoms with Gasteiger partial charge in [0, 0.05) is 24.8 Å². The summed E-state index contributed by atoms with van der Waals surface area (Å²) in [7, 11) is 2.02. The second kappa shape index (κ2) is 6.02. The minimum atomic E-state index is 0.524. The summed E-state index contributed by atoms with van der Waals surface area (Å²) in [5, 5.41) is 8.26. The van der Waals surface area contributed by atoms with E-state index in [4.69, 9.17) is 0 Å². The monoisotopic (exact) mass is 283 g/mol. The fourth-order valence-corrected chi connectivity index (χ4v) is 3.55. The molecule has 0 aliphatic heterocycles. The van der Waals surface area contributed by atoms with Gasteiger partial charge in [0.1, 0.15) is 0 Å². The van der Waals surface area contributed by atoms with Gasteiger partial charge in [-0.1, -0.05) is 38.5 Å². The topological polar surface area (TPSA) is 29.9 Å². The average molecular weight is 283 g/mol. The van der Waals surface area contributed by atoms with Crippen molar-refractivity contribution < 1.29 is 0 Å². The highest BCUT2D eigenvalue weighted by Crippen LogP contribution is 2.38. The number of aryl methyl sites for hydroxylation is 2. The van der Waals surface area contributed by atoms with Crippen molar-refractivity contribution in [3.8, 4) is 11.1 Å². The molecule has 1 aliphatic carbocycles. The molecule has 2 aromatic rings. The van der Waals surface area contributed by atoms with Crippen LogP contribution in [0.2, 0.25) is 0 Å². The number of aromatic nitrogens is 2. The number of nitrogens with zero attached hydrogens (tertiary/aromatic N) is 2. The molecule has 0 amide bonds. The van der Waals surface area contributed by atoms with Crippen LogP contribution >= 0.6 is 0 Å². The molecule has 112 valence electrons. The van der Waals surface area contributed by atoms with Crippen LogP contribution in [-0.4, -0.2) is 16.3 Å². The predicted octanol–water partition coefficient (Wildman–Crippen LogP) is 3.64. The van der Waals surface area contributed by atoms with Crippen LogP contribution in [0.1, 0.15) is 49.6 Å². The Bertz CT molecular complexity index is 627. The van der Waals surface area contributed by atoms with E-state index in [9.17, 15) is 0 Å². The third-order valence-corrected chi connectivity index (χ3v) is 4.40. The van der Waals surface area contributed by atoms with Gasteiger partial charge < -0.3 is 5.32 Å². The Morgan fingerprint density at radius 2 is 2.14 bits per heavy atom. The molecule has 1 heterocycles. The molecule has 0 saturated heterocycles. The van der Waals surface area contributed by atoms with Crippen LogP contribution in [0.5, 0.6) is 0 Å². The van der Waals surface area contributed by atoms with E-state index >= 15 is 0 Å². The Labute approximate surface area is 127 Å². The highest BCUT2D eigenvalue weighted by molar-refractivity contribution is 5.71. The first-order valence-corrected chi connectivity index (χ1v) is 8.12. The van der Waals surface area contributed by atoms with Crippen molar-refractivity contribution in [1.82, 2.24) is 15.1 Å². The standard InChI is InChI=1S/C18H25N3/c1-4-7-18-16(12-21(3)20-18)13-8-6-9-15-14(13)10-11-17(15)19-5-2/h6,8-9,12,17,19H,4-5,7,10-11H2,1-3H3. The zero-order chi connectivity index (χ0) is 14.8. The van der Waals surface area contributed by atoms with Gasteiger partial charge in [0.15, 0.2) is 0 Å². The molecule has 1 unspecified atom stereocenters. The average Bonchev–Trinajstić information content (AvgIpc) is 3.04. The largest absolute Gasteiger partial charge is 0.310 e. The first-order valence-electron chi connectivity index (χ1n) is 8.12. The van der Waals surface area contributed by atoms with E-state index in [0.717, 1.165) is 19.4 Å². The van der Waals surface area contributed by atoms with Gasteiger partial charge in [0.05, 0.1) is 5.69 Å². The van der Waals surface area contributed by atoms with Crippen LogP contribution in [0.25, 0.3) is 11.1 Å². The fraction of sp³-hybridized carbons (Fsp3) is 0.500. The molecular weight excluding hydrogens is 258 g/mol. The van der Waals surface area contributed by atoms with Crippen LogP contribution in [-0.2, 0) is 19.9 Å². The normalized spacial score (nSPS) is 17.2. The summed E-state index contributed by atoms with van der Waals surface area (Å²) in [5.74, 6) is 0. The van der Waals surface area contributed by atoms with E-state index in [-0.39, 0.29) is 0 Å². The summed E-state index contributed by atoms with van der Waals surface area (Å²) in [4.78, 5) is 0. The van der Waals surface area contributed by atoms with E-state index in [0.29, 0.717) is 6.04 Å². The van der Waals surface area contributed by atoms with Crippen molar-refractivity contribution in [2.75, 3.05) is 6.54 Å². The van der Waals surface area contributed by atoms with Gasteiger partial charge in [0.2, 0.25) is 0 Å². The zero-order valence-electron chi connectivity index (χ0n) is 13.3. The van der Waals surface area contributed by atoms with E-state index in [1.54, 1.807) is 0 Å². The van der Waals surface area contributed by atoms with Gasteiger partial charge in [-0.05, 0) is 42.5 Å². The van der Waals surface area contributed by atoms with Crippen LogP contribution in [0.3, 0.4) is 0 Å². The number of hydrogen-bond donors (Lipinski definition) is 1. The first-order chi connectivity index (χ1) is 10.2. The molecule has 1 atom stereocenters. The summed E-state index contributed by atoms with van der Waals surface area (Å²) in [6, 6.07) is 7.28. The Balaban J connectivity index is 2.05. The third-order valence-electron chi connectivity index (χ3n) is 4.40. The quantitative estimate of drug-likeness (QED) is 0.908. The predicted molar refractivity (Wildman–Crippen MR) is 87.4 cm³/mol. The molecule has 1 N–H and O–H groups in total. The summed E-state index contributed by atoms with van der Waals surface area (Å²) >= 11 is 0. The van der Waals surface area contributed by atoms with Gasteiger partial charge in [-0.15, -0.1) is 0 Å². The van der Waals surface area contributed by atoms with Gasteiger partial charge in [-0.25, -0.2) is 0 Å². The lowest BCUT2D eigenvalue weighted by atomic mass is 9.95. The van der Waals surface area contributed by atoms with Crippen LogP contribution in [0.4, 0.5) is 0 Å². The maximum Gasteiger partial charge on any atom is 0.0702 e. The minimum absolute atomic E-state index is 0.524. The lowest BCUT2D eigenvalue weighted by Gasteiger charge is -2.13. The molecule has 0 spiro atoms. The van der Waals surface area contributed by atoms with Crippen molar-refractivity contribution in [2.45, 2.75) is 45.6 Å². The molecule has 0 bridgehead atoms. The van der Waals surface area contributed by atoms with Gasteiger partial charge in [0.25, 0.3) is 0 Å². The minimum Gasteiger partial charge on any atom is -0.310 e. The number of fused-ring (bicyclic) bond motifs is 1. The molecule has 1 aliphatic rings. The molecule has 0 saturated carbocycles. The van der Waals surface area contributed by atoms with E-state index in [2.05, 4.69) is 48.7 Å². The van der Waals surface area contributed by atoms with E-state index in [1.807, 2.05) is 11.7 Å². The van der Waals surface area contributed by atoms with Crippen LogP contribution < -0.4 is 5.32 Å². The Morgan fingerprint density at radius 1 is 1.29 bits per heavy atom. The molecule has 1 aromatic carbocycles. The highest BCUT2D eigenvalue weighted by atomic mass is 15.2. The Kier molecular flexibility index (Phi) is 4.11. The van der Waals surface area contributed by atoms with Crippen LogP contribution in [0.15, 0.2) is 24.4 Å². The van der Waals surface area contributed by atoms with E-state index in [1.165, 1.54) is 40.8 Å². The van der Waals surface area contributed by atoms with Crippen molar-refractivity contribution in [2.24, 2.45) is 7.05 Å². The summed E-state index contributed by atoms with van der Waals surface area (Å²) in [6.07, 6.45) is 6.75. The SMILES string of the molecule is CCCc1nn(C)cc1-c1cccc2c1CCC2NCC.